The zero-order chi connectivity index (χ0) is 22.2. The number of hydrogen-bond acceptors (Lipinski definition) is 6. The number of carbonyl (C=O) groups excluding carboxylic acids is 1. The van der Waals surface area contributed by atoms with E-state index in [0.717, 1.165) is 21.6 Å². The van der Waals surface area contributed by atoms with Crippen molar-refractivity contribution in [1.82, 2.24) is 14.8 Å². The molecule has 0 aliphatic carbocycles. The second-order valence-corrected chi connectivity index (χ2v) is 8.57. The predicted octanol–water partition coefficient (Wildman–Crippen LogP) is 4.56. The van der Waals surface area contributed by atoms with Crippen LogP contribution in [-0.4, -0.2) is 27.2 Å². The summed E-state index contributed by atoms with van der Waals surface area (Å²) in [5.74, 6) is -0.440. The van der Waals surface area contributed by atoms with Crippen molar-refractivity contribution in [3.05, 3.63) is 88.0 Å². The third kappa shape index (κ3) is 3.69. The molecule has 0 fully saturated rings. The molecular formula is C24H20N4O3S. The Hall–Kier alpha value is -3.78. The van der Waals surface area contributed by atoms with Crippen LogP contribution in [0, 0.1) is 13.8 Å². The minimum atomic E-state index is -0.661. The fourth-order valence-corrected chi connectivity index (χ4v) is 4.70. The number of aryl methyl sites for hydroxylation is 2. The fraction of sp³-hybridized carbons (Fsp3) is 0.167. The molecule has 32 heavy (non-hydrogen) atoms. The Morgan fingerprint density at radius 1 is 1.09 bits per heavy atom. The van der Waals surface area contributed by atoms with E-state index in [1.54, 1.807) is 23.1 Å². The Labute approximate surface area is 187 Å². The molecule has 1 amide bonds. The zero-order valence-corrected chi connectivity index (χ0v) is 18.4. The molecule has 0 N–H and O–H groups in total. The molecule has 3 heterocycles. The van der Waals surface area contributed by atoms with Gasteiger partial charge in [0.2, 0.25) is 0 Å². The molecule has 8 heteroatoms. The van der Waals surface area contributed by atoms with Crippen LogP contribution in [0.5, 0.6) is 0 Å². The average molecular weight is 445 g/mol. The molecule has 0 aliphatic rings. The van der Waals surface area contributed by atoms with Crippen LogP contribution in [0.1, 0.15) is 21.7 Å². The Morgan fingerprint density at radius 2 is 1.88 bits per heavy atom. The van der Waals surface area contributed by atoms with E-state index < -0.39 is 11.5 Å². The summed E-state index contributed by atoms with van der Waals surface area (Å²) in [6, 6.07) is 18.4. The lowest BCUT2D eigenvalue weighted by atomic mass is 10.1. The molecule has 0 spiro atoms. The van der Waals surface area contributed by atoms with Crippen molar-refractivity contribution in [1.29, 1.82) is 0 Å². The van der Waals surface area contributed by atoms with Crippen molar-refractivity contribution >= 4 is 43.6 Å². The lowest BCUT2D eigenvalue weighted by molar-refractivity contribution is 0.0982. The van der Waals surface area contributed by atoms with E-state index in [-0.39, 0.29) is 5.56 Å². The highest BCUT2D eigenvalue weighted by Crippen LogP contribution is 2.29. The molecule has 0 saturated carbocycles. The third-order valence-corrected chi connectivity index (χ3v) is 6.33. The third-order valence-electron chi connectivity index (χ3n) is 5.27. The standard InChI is InChI=1S/C24H20N4O3S/c1-15-13-16(2)28(26-15)12-11-27(24-25-19-8-4-6-10-21(19)32-24)22(29)18-14-17-7-3-5-9-20(17)31-23(18)30/h3-10,13-14H,11-12H2,1-2H3. The number of fused-ring (bicyclic) bond motifs is 2. The molecule has 7 nitrogen and oxygen atoms in total. The molecule has 0 aliphatic heterocycles. The van der Waals surface area contributed by atoms with E-state index in [2.05, 4.69) is 10.1 Å². The zero-order valence-electron chi connectivity index (χ0n) is 17.6. The quantitative estimate of drug-likeness (QED) is 0.371. The number of para-hydroxylation sites is 2. The van der Waals surface area contributed by atoms with Crippen LogP contribution in [0.15, 0.2) is 69.9 Å². The summed E-state index contributed by atoms with van der Waals surface area (Å²) < 4.78 is 8.23. The van der Waals surface area contributed by atoms with Crippen LogP contribution in [0.25, 0.3) is 21.2 Å². The van der Waals surface area contributed by atoms with Crippen molar-refractivity contribution in [3.63, 3.8) is 0 Å². The van der Waals surface area contributed by atoms with Crippen molar-refractivity contribution in [2.45, 2.75) is 20.4 Å². The monoisotopic (exact) mass is 444 g/mol. The number of anilines is 1. The molecule has 0 atom stereocenters. The van der Waals surface area contributed by atoms with Crippen molar-refractivity contribution < 1.29 is 9.21 Å². The first-order valence-corrected chi connectivity index (χ1v) is 11.0. The second-order valence-electron chi connectivity index (χ2n) is 7.56. The minimum absolute atomic E-state index is 0.0173. The smallest absolute Gasteiger partial charge is 0.349 e. The Morgan fingerprint density at radius 3 is 2.66 bits per heavy atom. The highest BCUT2D eigenvalue weighted by molar-refractivity contribution is 7.22. The number of benzene rings is 2. The maximum atomic E-state index is 13.6. The normalized spacial score (nSPS) is 11.3. The van der Waals surface area contributed by atoms with Gasteiger partial charge in [0.1, 0.15) is 11.1 Å². The first-order chi connectivity index (χ1) is 15.5. The van der Waals surface area contributed by atoms with E-state index in [9.17, 15) is 9.59 Å². The van der Waals surface area contributed by atoms with Crippen LogP contribution in [-0.2, 0) is 6.54 Å². The Kier molecular flexibility index (Phi) is 5.07. The van der Waals surface area contributed by atoms with Crippen LogP contribution >= 0.6 is 11.3 Å². The van der Waals surface area contributed by atoms with Crippen LogP contribution < -0.4 is 10.5 Å². The van der Waals surface area contributed by atoms with Gasteiger partial charge in [0.25, 0.3) is 5.91 Å². The second kappa shape index (κ2) is 8.05. The molecule has 5 rings (SSSR count). The predicted molar refractivity (Wildman–Crippen MR) is 125 cm³/mol. The lowest BCUT2D eigenvalue weighted by Crippen LogP contribution is -2.36. The lowest BCUT2D eigenvalue weighted by Gasteiger charge is -2.20. The summed E-state index contributed by atoms with van der Waals surface area (Å²) in [5.41, 5.74) is 2.49. The molecule has 0 saturated heterocycles. The average Bonchev–Trinajstić information content (AvgIpc) is 3.35. The van der Waals surface area contributed by atoms with Gasteiger partial charge in [-0.15, -0.1) is 0 Å². The van der Waals surface area contributed by atoms with Gasteiger partial charge in [0, 0.05) is 17.6 Å². The molecule has 0 bridgehead atoms. The topological polar surface area (TPSA) is 81.2 Å². The van der Waals surface area contributed by atoms with Crippen molar-refractivity contribution in [3.8, 4) is 0 Å². The van der Waals surface area contributed by atoms with Gasteiger partial charge in [-0.1, -0.05) is 41.7 Å². The molecule has 160 valence electrons. The molecule has 2 aromatic carbocycles. The van der Waals surface area contributed by atoms with Gasteiger partial charge in [-0.25, -0.2) is 9.78 Å². The van der Waals surface area contributed by atoms with Gasteiger partial charge in [-0.2, -0.15) is 5.10 Å². The number of nitrogens with zero attached hydrogens (tertiary/aromatic N) is 4. The van der Waals surface area contributed by atoms with E-state index in [4.69, 9.17) is 4.42 Å². The van der Waals surface area contributed by atoms with Gasteiger partial charge in [-0.3, -0.25) is 14.4 Å². The van der Waals surface area contributed by atoms with E-state index in [0.29, 0.717) is 29.2 Å². The maximum absolute atomic E-state index is 13.6. The van der Waals surface area contributed by atoms with Gasteiger partial charge in [-0.05, 0) is 44.2 Å². The van der Waals surface area contributed by atoms with E-state index in [1.165, 1.54) is 11.3 Å². The number of rotatable bonds is 5. The highest BCUT2D eigenvalue weighted by atomic mass is 32.1. The first-order valence-electron chi connectivity index (χ1n) is 10.2. The summed E-state index contributed by atoms with van der Waals surface area (Å²) in [7, 11) is 0. The molecule has 5 aromatic rings. The largest absolute Gasteiger partial charge is 0.422 e. The fourth-order valence-electron chi connectivity index (χ4n) is 3.71. The SMILES string of the molecule is Cc1cc(C)n(CCN(C(=O)c2cc3ccccc3oc2=O)c2nc3ccccc3s2)n1. The van der Waals surface area contributed by atoms with Crippen LogP contribution in [0.4, 0.5) is 5.13 Å². The highest BCUT2D eigenvalue weighted by Gasteiger charge is 2.25. The number of amides is 1. The number of carbonyl (C=O) groups is 1. The number of thiazole rings is 1. The van der Waals surface area contributed by atoms with Gasteiger partial charge < -0.3 is 4.42 Å². The minimum Gasteiger partial charge on any atom is -0.422 e. The van der Waals surface area contributed by atoms with Gasteiger partial charge >= 0.3 is 5.63 Å². The van der Waals surface area contributed by atoms with Gasteiger partial charge in [0.15, 0.2) is 5.13 Å². The number of aromatic nitrogens is 3. The molecular weight excluding hydrogens is 424 g/mol. The summed E-state index contributed by atoms with van der Waals surface area (Å²) >= 11 is 1.41. The number of hydrogen-bond donors (Lipinski definition) is 0. The van der Waals surface area contributed by atoms with Crippen molar-refractivity contribution in [2.75, 3.05) is 11.4 Å². The molecule has 0 unspecified atom stereocenters. The van der Waals surface area contributed by atoms with Gasteiger partial charge in [0.05, 0.1) is 22.5 Å². The summed E-state index contributed by atoms with van der Waals surface area (Å²) in [5, 5.41) is 5.72. The molecule has 3 aromatic heterocycles. The summed E-state index contributed by atoms with van der Waals surface area (Å²) in [4.78, 5) is 32.5. The van der Waals surface area contributed by atoms with Crippen LogP contribution in [0.2, 0.25) is 0 Å². The molecule has 0 radical (unpaired) electrons. The maximum Gasteiger partial charge on any atom is 0.349 e. The summed E-state index contributed by atoms with van der Waals surface area (Å²) in [6.07, 6.45) is 0. The van der Waals surface area contributed by atoms with E-state index in [1.807, 2.05) is 61.0 Å². The first kappa shape index (κ1) is 20.1. The van der Waals surface area contributed by atoms with E-state index >= 15 is 0 Å². The van der Waals surface area contributed by atoms with Crippen molar-refractivity contribution in [2.24, 2.45) is 0 Å². The Balaban J connectivity index is 1.56. The van der Waals surface area contributed by atoms with Crippen LogP contribution in [0.3, 0.4) is 0 Å². The summed E-state index contributed by atoms with van der Waals surface area (Å²) in [6.45, 7) is 4.69. The Bertz CT molecular complexity index is 1480.